The molecule has 0 atom stereocenters. The van der Waals surface area contributed by atoms with Crippen LogP contribution in [0.15, 0.2) is 24.3 Å². The second kappa shape index (κ2) is 6.43. The van der Waals surface area contributed by atoms with Gasteiger partial charge in [0.05, 0.1) is 17.1 Å². The summed E-state index contributed by atoms with van der Waals surface area (Å²) in [7, 11) is 0. The van der Waals surface area contributed by atoms with Crippen molar-refractivity contribution in [3.05, 3.63) is 41.2 Å². The van der Waals surface area contributed by atoms with Gasteiger partial charge in [0, 0.05) is 5.69 Å². The molecule has 1 heterocycles. The number of nitrogens with one attached hydrogen (secondary N) is 1. The summed E-state index contributed by atoms with van der Waals surface area (Å²) in [4.78, 5) is 12.2. The van der Waals surface area contributed by atoms with Crippen LogP contribution >= 0.6 is 0 Å². The van der Waals surface area contributed by atoms with Crippen LogP contribution in [0.2, 0.25) is 0 Å². The maximum atomic E-state index is 12.2. The highest BCUT2D eigenvalue weighted by atomic mass is 16.2. The zero-order valence-electron chi connectivity index (χ0n) is 12.8. The number of carbonyl (C=O) groups excluding carboxylic acids is 1. The van der Waals surface area contributed by atoms with Gasteiger partial charge in [-0.3, -0.25) is 9.48 Å². The van der Waals surface area contributed by atoms with Crippen LogP contribution in [0.3, 0.4) is 0 Å². The fraction of sp³-hybridized carbons (Fsp3) is 0.375. The van der Waals surface area contributed by atoms with E-state index in [0.717, 1.165) is 29.8 Å². The van der Waals surface area contributed by atoms with E-state index in [1.165, 1.54) is 0 Å². The van der Waals surface area contributed by atoms with Crippen molar-refractivity contribution in [1.29, 1.82) is 0 Å². The Kier molecular flexibility index (Phi) is 4.62. The number of amides is 1. The predicted octanol–water partition coefficient (Wildman–Crippen LogP) is 2.54. The summed E-state index contributed by atoms with van der Waals surface area (Å²) in [6, 6.07) is 7.64. The first-order valence-electron chi connectivity index (χ1n) is 7.25. The lowest BCUT2D eigenvalue weighted by molar-refractivity contribution is -0.116. The number of aryl methyl sites for hydroxylation is 3. The van der Waals surface area contributed by atoms with Crippen molar-refractivity contribution in [3.8, 4) is 0 Å². The summed E-state index contributed by atoms with van der Waals surface area (Å²) in [6.45, 7) is 6.28. The topological polar surface area (TPSA) is 72.9 Å². The smallest absolute Gasteiger partial charge is 0.246 e. The van der Waals surface area contributed by atoms with E-state index in [1.54, 1.807) is 4.68 Å². The number of carbonyl (C=O) groups is 1. The van der Waals surface area contributed by atoms with Gasteiger partial charge >= 0.3 is 0 Å². The summed E-state index contributed by atoms with van der Waals surface area (Å²) in [5.41, 5.74) is 10.3. The Morgan fingerprint density at radius 1 is 1.29 bits per heavy atom. The quantitative estimate of drug-likeness (QED) is 0.830. The van der Waals surface area contributed by atoms with Crippen LogP contribution in [0.25, 0.3) is 0 Å². The summed E-state index contributed by atoms with van der Waals surface area (Å²) >= 11 is 0. The van der Waals surface area contributed by atoms with Gasteiger partial charge in [-0.2, -0.15) is 5.10 Å². The number of nitrogen functional groups attached to an aromatic ring is 1. The van der Waals surface area contributed by atoms with E-state index in [-0.39, 0.29) is 12.5 Å². The first-order chi connectivity index (χ1) is 10.0. The minimum atomic E-state index is -0.119. The number of benzene rings is 1. The second-order valence-electron chi connectivity index (χ2n) is 5.13. The molecule has 5 heteroatoms. The van der Waals surface area contributed by atoms with Crippen LogP contribution < -0.4 is 11.1 Å². The molecule has 0 aliphatic rings. The molecule has 0 fully saturated rings. The molecule has 0 aliphatic carbocycles. The lowest BCUT2D eigenvalue weighted by atomic mass is 10.2. The van der Waals surface area contributed by atoms with Crippen molar-refractivity contribution in [2.75, 3.05) is 11.1 Å². The zero-order valence-corrected chi connectivity index (χ0v) is 12.8. The van der Waals surface area contributed by atoms with Crippen LogP contribution in [-0.4, -0.2) is 15.7 Å². The van der Waals surface area contributed by atoms with Crippen LogP contribution in [-0.2, 0) is 24.2 Å². The number of aromatic nitrogens is 2. The monoisotopic (exact) mass is 286 g/mol. The Morgan fingerprint density at radius 3 is 2.67 bits per heavy atom. The van der Waals surface area contributed by atoms with Crippen molar-refractivity contribution in [3.63, 3.8) is 0 Å². The van der Waals surface area contributed by atoms with Crippen molar-refractivity contribution in [1.82, 2.24) is 9.78 Å². The molecule has 0 spiro atoms. The molecule has 112 valence electrons. The largest absolute Gasteiger partial charge is 0.397 e. The number of hydrogen-bond donors (Lipinski definition) is 2. The number of nitrogens with two attached hydrogens (primary N) is 1. The molecule has 0 aliphatic heterocycles. The van der Waals surface area contributed by atoms with E-state index < -0.39 is 0 Å². The number of hydrogen-bond acceptors (Lipinski definition) is 3. The van der Waals surface area contributed by atoms with Gasteiger partial charge in [0.25, 0.3) is 0 Å². The summed E-state index contributed by atoms with van der Waals surface area (Å²) in [5.74, 6) is -0.119. The molecule has 0 saturated heterocycles. The minimum absolute atomic E-state index is 0.119. The summed E-state index contributed by atoms with van der Waals surface area (Å²) in [5, 5.41) is 7.28. The molecule has 0 saturated carbocycles. The van der Waals surface area contributed by atoms with E-state index in [0.29, 0.717) is 11.4 Å². The maximum absolute atomic E-state index is 12.2. The Bertz CT molecular complexity index is 646. The highest BCUT2D eigenvalue weighted by Gasteiger charge is 2.11. The molecular formula is C16H22N4O. The van der Waals surface area contributed by atoms with Gasteiger partial charge < -0.3 is 11.1 Å². The molecule has 0 unspecified atom stereocenters. The summed E-state index contributed by atoms with van der Waals surface area (Å²) < 4.78 is 1.76. The van der Waals surface area contributed by atoms with Crippen molar-refractivity contribution in [2.45, 2.75) is 40.2 Å². The van der Waals surface area contributed by atoms with E-state index in [1.807, 2.05) is 31.2 Å². The molecule has 1 aromatic carbocycles. The molecule has 0 bridgehead atoms. The standard InChI is InChI=1S/C16H22N4O/c1-4-12-9-13(5-2)20(19-12)10-16(21)18-15-7-6-11(3)8-14(15)17/h6-9H,4-5,10,17H2,1-3H3,(H,18,21). The van der Waals surface area contributed by atoms with Crippen molar-refractivity contribution < 1.29 is 4.79 Å². The predicted molar refractivity (Wildman–Crippen MR) is 85.2 cm³/mol. The van der Waals surface area contributed by atoms with Gasteiger partial charge in [0.1, 0.15) is 6.54 Å². The van der Waals surface area contributed by atoms with E-state index in [9.17, 15) is 4.79 Å². The third-order valence-corrected chi connectivity index (χ3v) is 3.41. The third kappa shape index (κ3) is 3.62. The summed E-state index contributed by atoms with van der Waals surface area (Å²) in [6.07, 6.45) is 1.72. The van der Waals surface area contributed by atoms with E-state index in [2.05, 4.69) is 24.3 Å². The first kappa shape index (κ1) is 15.1. The van der Waals surface area contributed by atoms with Gasteiger partial charge in [-0.25, -0.2) is 0 Å². The maximum Gasteiger partial charge on any atom is 0.246 e. The average molecular weight is 286 g/mol. The molecule has 2 rings (SSSR count). The second-order valence-corrected chi connectivity index (χ2v) is 5.13. The Morgan fingerprint density at radius 2 is 2.05 bits per heavy atom. The molecule has 0 radical (unpaired) electrons. The lowest BCUT2D eigenvalue weighted by Crippen LogP contribution is -2.21. The van der Waals surface area contributed by atoms with Crippen LogP contribution in [0, 0.1) is 6.92 Å². The fourth-order valence-corrected chi connectivity index (χ4v) is 2.23. The van der Waals surface area contributed by atoms with Gasteiger partial charge in [-0.15, -0.1) is 0 Å². The number of rotatable bonds is 5. The van der Waals surface area contributed by atoms with Gasteiger partial charge in [-0.1, -0.05) is 19.9 Å². The van der Waals surface area contributed by atoms with Crippen LogP contribution in [0.1, 0.15) is 30.8 Å². The number of nitrogens with zero attached hydrogens (tertiary/aromatic N) is 2. The Labute approximate surface area is 125 Å². The lowest BCUT2D eigenvalue weighted by Gasteiger charge is -2.10. The van der Waals surface area contributed by atoms with Gasteiger partial charge in [-0.05, 0) is 43.5 Å². The van der Waals surface area contributed by atoms with E-state index in [4.69, 9.17) is 5.73 Å². The zero-order chi connectivity index (χ0) is 15.4. The Balaban J connectivity index is 2.09. The molecule has 3 N–H and O–H groups in total. The molecule has 2 aromatic rings. The normalized spacial score (nSPS) is 10.6. The number of anilines is 2. The van der Waals surface area contributed by atoms with Crippen LogP contribution in [0.4, 0.5) is 11.4 Å². The third-order valence-electron chi connectivity index (χ3n) is 3.41. The molecular weight excluding hydrogens is 264 g/mol. The van der Waals surface area contributed by atoms with Gasteiger partial charge in [0.2, 0.25) is 5.91 Å². The molecule has 1 amide bonds. The average Bonchev–Trinajstić information content (AvgIpc) is 2.84. The van der Waals surface area contributed by atoms with Gasteiger partial charge in [0.15, 0.2) is 0 Å². The van der Waals surface area contributed by atoms with E-state index >= 15 is 0 Å². The van der Waals surface area contributed by atoms with Crippen molar-refractivity contribution in [2.24, 2.45) is 0 Å². The molecule has 21 heavy (non-hydrogen) atoms. The molecule has 5 nitrogen and oxygen atoms in total. The highest BCUT2D eigenvalue weighted by molar-refractivity contribution is 5.93. The highest BCUT2D eigenvalue weighted by Crippen LogP contribution is 2.19. The fourth-order valence-electron chi connectivity index (χ4n) is 2.23. The minimum Gasteiger partial charge on any atom is -0.397 e. The van der Waals surface area contributed by atoms with Crippen LogP contribution in [0.5, 0.6) is 0 Å². The first-order valence-corrected chi connectivity index (χ1v) is 7.25. The van der Waals surface area contributed by atoms with Crippen molar-refractivity contribution >= 4 is 17.3 Å². The Hall–Kier alpha value is -2.30. The SMILES string of the molecule is CCc1cc(CC)n(CC(=O)Nc2ccc(C)cc2N)n1. The molecule has 1 aromatic heterocycles.